The first-order valence-electron chi connectivity index (χ1n) is 6.43. The number of sulfonamides is 1. The second kappa shape index (κ2) is 5.80. The number of carbonyl (C=O) groups is 1. The van der Waals surface area contributed by atoms with Crippen molar-refractivity contribution in [3.63, 3.8) is 0 Å². The van der Waals surface area contributed by atoms with Crippen LogP contribution in [0.1, 0.15) is 36.0 Å². The molecule has 2 rings (SSSR count). The summed E-state index contributed by atoms with van der Waals surface area (Å²) in [7, 11) is -2.59. The van der Waals surface area contributed by atoms with Gasteiger partial charge < -0.3 is 10.1 Å². The van der Waals surface area contributed by atoms with Gasteiger partial charge in [-0.2, -0.15) is 0 Å². The standard InChI is InChI=1S/C13H18N2O4S/c1-19-13(16)11-8-10(20(14,17)18)6-7-12(11)15-9-4-2-3-5-9/h6-9,15H,2-5H2,1H3,(H2,14,17,18). The van der Waals surface area contributed by atoms with Gasteiger partial charge in [0.05, 0.1) is 17.6 Å². The molecule has 1 saturated carbocycles. The van der Waals surface area contributed by atoms with Gasteiger partial charge in [-0.25, -0.2) is 18.4 Å². The maximum atomic E-state index is 11.8. The first kappa shape index (κ1) is 14.8. The number of anilines is 1. The number of primary sulfonamides is 1. The first-order valence-corrected chi connectivity index (χ1v) is 7.98. The highest BCUT2D eigenvalue weighted by atomic mass is 32.2. The zero-order valence-corrected chi connectivity index (χ0v) is 12.1. The molecule has 0 aromatic heterocycles. The number of ether oxygens (including phenoxy) is 1. The van der Waals surface area contributed by atoms with Crippen LogP contribution in [0.4, 0.5) is 5.69 Å². The van der Waals surface area contributed by atoms with Crippen LogP contribution in [0.2, 0.25) is 0 Å². The second-order valence-electron chi connectivity index (χ2n) is 4.87. The Kier molecular flexibility index (Phi) is 4.29. The summed E-state index contributed by atoms with van der Waals surface area (Å²) >= 11 is 0. The first-order chi connectivity index (χ1) is 9.41. The van der Waals surface area contributed by atoms with Crippen molar-refractivity contribution in [1.82, 2.24) is 0 Å². The lowest BCUT2D eigenvalue weighted by Crippen LogP contribution is -2.19. The highest BCUT2D eigenvalue weighted by molar-refractivity contribution is 7.89. The van der Waals surface area contributed by atoms with Crippen LogP contribution in [0.5, 0.6) is 0 Å². The van der Waals surface area contributed by atoms with Crippen LogP contribution in [-0.2, 0) is 14.8 Å². The topological polar surface area (TPSA) is 98.5 Å². The molecule has 0 spiro atoms. The molecule has 0 radical (unpaired) electrons. The van der Waals surface area contributed by atoms with Gasteiger partial charge in [0, 0.05) is 11.7 Å². The van der Waals surface area contributed by atoms with E-state index in [2.05, 4.69) is 5.32 Å². The number of hydrogen-bond donors (Lipinski definition) is 2. The van der Waals surface area contributed by atoms with E-state index < -0.39 is 16.0 Å². The van der Waals surface area contributed by atoms with Gasteiger partial charge in [0.1, 0.15) is 0 Å². The van der Waals surface area contributed by atoms with E-state index >= 15 is 0 Å². The third-order valence-corrected chi connectivity index (χ3v) is 4.35. The molecule has 0 unspecified atom stereocenters. The predicted octanol–water partition coefficient (Wildman–Crippen LogP) is 1.48. The quantitative estimate of drug-likeness (QED) is 0.820. The number of rotatable bonds is 4. The molecule has 1 aromatic carbocycles. The predicted molar refractivity (Wildman–Crippen MR) is 75.0 cm³/mol. The second-order valence-corrected chi connectivity index (χ2v) is 6.43. The molecule has 0 amide bonds. The zero-order valence-electron chi connectivity index (χ0n) is 11.3. The van der Waals surface area contributed by atoms with E-state index in [1.54, 1.807) is 6.07 Å². The van der Waals surface area contributed by atoms with Crippen molar-refractivity contribution in [2.75, 3.05) is 12.4 Å². The molecule has 0 bridgehead atoms. The molecule has 0 saturated heterocycles. The van der Waals surface area contributed by atoms with Gasteiger partial charge in [-0.05, 0) is 31.0 Å². The monoisotopic (exact) mass is 298 g/mol. The fraction of sp³-hybridized carbons (Fsp3) is 0.462. The summed E-state index contributed by atoms with van der Waals surface area (Å²) in [4.78, 5) is 11.7. The summed E-state index contributed by atoms with van der Waals surface area (Å²) < 4.78 is 27.4. The normalized spacial score (nSPS) is 16.1. The smallest absolute Gasteiger partial charge is 0.340 e. The summed E-state index contributed by atoms with van der Waals surface area (Å²) in [6.07, 6.45) is 4.38. The van der Waals surface area contributed by atoms with E-state index in [9.17, 15) is 13.2 Å². The molecule has 0 atom stereocenters. The molecule has 6 nitrogen and oxygen atoms in total. The Bertz CT molecular complexity index is 607. The number of carbonyl (C=O) groups excluding carboxylic acids is 1. The van der Waals surface area contributed by atoms with Gasteiger partial charge in [-0.15, -0.1) is 0 Å². The van der Waals surface area contributed by atoms with Crippen LogP contribution in [0.15, 0.2) is 23.1 Å². The number of nitrogens with two attached hydrogens (primary N) is 1. The summed E-state index contributed by atoms with van der Waals surface area (Å²) in [5, 5.41) is 8.35. The molecule has 1 fully saturated rings. The molecule has 1 aliphatic rings. The summed E-state index contributed by atoms with van der Waals surface area (Å²) in [5.74, 6) is -0.587. The average Bonchev–Trinajstić information content (AvgIpc) is 2.90. The number of methoxy groups -OCH3 is 1. The minimum Gasteiger partial charge on any atom is -0.465 e. The van der Waals surface area contributed by atoms with Crippen LogP contribution >= 0.6 is 0 Å². The van der Waals surface area contributed by atoms with Crippen molar-refractivity contribution in [3.05, 3.63) is 23.8 Å². The molecule has 3 N–H and O–H groups in total. The molecule has 110 valence electrons. The van der Waals surface area contributed by atoms with E-state index in [1.165, 1.54) is 19.2 Å². The van der Waals surface area contributed by atoms with Crippen molar-refractivity contribution in [3.8, 4) is 0 Å². The van der Waals surface area contributed by atoms with Crippen molar-refractivity contribution in [2.45, 2.75) is 36.6 Å². The summed E-state index contributed by atoms with van der Waals surface area (Å²) in [6, 6.07) is 4.50. The van der Waals surface area contributed by atoms with Crippen LogP contribution in [-0.4, -0.2) is 27.5 Å². The molecule has 0 heterocycles. The van der Waals surface area contributed by atoms with E-state index in [0.717, 1.165) is 25.7 Å². The Balaban J connectivity index is 2.37. The summed E-state index contributed by atoms with van der Waals surface area (Å²) in [6.45, 7) is 0. The Hall–Kier alpha value is -1.60. The molecule has 1 aromatic rings. The van der Waals surface area contributed by atoms with Crippen LogP contribution in [0.25, 0.3) is 0 Å². The van der Waals surface area contributed by atoms with E-state index in [-0.39, 0.29) is 10.5 Å². The molecular weight excluding hydrogens is 280 g/mol. The number of nitrogens with one attached hydrogen (secondary N) is 1. The van der Waals surface area contributed by atoms with Crippen molar-refractivity contribution < 1.29 is 17.9 Å². The Morgan fingerprint density at radius 2 is 2.00 bits per heavy atom. The van der Waals surface area contributed by atoms with Gasteiger partial charge >= 0.3 is 5.97 Å². The fourth-order valence-electron chi connectivity index (χ4n) is 2.40. The van der Waals surface area contributed by atoms with Gasteiger partial charge in [-0.1, -0.05) is 12.8 Å². The van der Waals surface area contributed by atoms with Crippen molar-refractivity contribution in [1.29, 1.82) is 0 Å². The minimum atomic E-state index is -3.85. The highest BCUT2D eigenvalue weighted by Gasteiger charge is 2.20. The number of benzene rings is 1. The van der Waals surface area contributed by atoms with E-state index in [0.29, 0.717) is 11.7 Å². The maximum Gasteiger partial charge on any atom is 0.340 e. The maximum absolute atomic E-state index is 11.8. The van der Waals surface area contributed by atoms with Crippen LogP contribution in [0.3, 0.4) is 0 Å². The van der Waals surface area contributed by atoms with Gasteiger partial charge in [0.25, 0.3) is 0 Å². The third-order valence-electron chi connectivity index (χ3n) is 3.44. The largest absolute Gasteiger partial charge is 0.465 e. The molecule has 0 aliphatic heterocycles. The lowest BCUT2D eigenvalue weighted by Gasteiger charge is -2.16. The molecule has 7 heteroatoms. The zero-order chi connectivity index (χ0) is 14.8. The Morgan fingerprint density at radius 3 is 2.55 bits per heavy atom. The van der Waals surface area contributed by atoms with Crippen LogP contribution in [0, 0.1) is 0 Å². The fourth-order valence-corrected chi connectivity index (χ4v) is 2.93. The summed E-state index contributed by atoms with van der Waals surface area (Å²) in [5.41, 5.74) is 0.766. The average molecular weight is 298 g/mol. The number of esters is 1. The van der Waals surface area contributed by atoms with E-state index in [4.69, 9.17) is 9.88 Å². The van der Waals surface area contributed by atoms with Crippen molar-refractivity contribution in [2.24, 2.45) is 5.14 Å². The molecule has 20 heavy (non-hydrogen) atoms. The third kappa shape index (κ3) is 3.29. The van der Waals surface area contributed by atoms with Crippen LogP contribution < -0.4 is 10.5 Å². The van der Waals surface area contributed by atoms with E-state index in [1.807, 2.05) is 0 Å². The molecular formula is C13H18N2O4S. The number of hydrogen-bond acceptors (Lipinski definition) is 5. The Labute approximate surface area is 118 Å². The highest BCUT2D eigenvalue weighted by Crippen LogP contribution is 2.26. The lowest BCUT2D eigenvalue weighted by molar-refractivity contribution is 0.0601. The molecule has 1 aliphatic carbocycles. The SMILES string of the molecule is COC(=O)c1cc(S(N)(=O)=O)ccc1NC1CCCC1. The Morgan fingerprint density at radius 1 is 1.35 bits per heavy atom. The minimum absolute atomic E-state index is 0.102. The van der Waals surface area contributed by atoms with Gasteiger partial charge in [-0.3, -0.25) is 0 Å². The van der Waals surface area contributed by atoms with Gasteiger partial charge in [0.15, 0.2) is 0 Å². The van der Waals surface area contributed by atoms with Crippen molar-refractivity contribution >= 4 is 21.7 Å². The van der Waals surface area contributed by atoms with Gasteiger partial charge in [0.2, 0.25) is 10.0 Å². The lowest BCUT2D eigenvalue weighted by atomic mass is 10.1.